The summed E-state index contributed by atoms with van der Waals surface area (Å²) in [5.41, 5.74) is 2.55. The number of para-hydroxylation sites is 2. The topological polar surface area (TPSA) is 62.3 Å². The number of ether oxygens (including phenoxy) is 1. The molecule has 1 aliphatic rings. The molecular weight excluding hydrogens is 386 g/mol. The van der Waals surface area contributed by atoms with E-state index in [4.69, 9.17) is 9.26 Å². The van der Waals surface area contributed by atoms with E-state index in [9.17, 15) is 5.26 Å². The highest BCUT2D eigenvalue weighted by Gasteiger charge is 2.14. The molecule has 29 heavy (non-hydrogen) atoms. The molecule has 0 radical (unpaired) electrons. The number of hydrogen-bond acceptors (Lipinski definition) is 5. The van der Waals surface area contributed by atoms with Crippen molar-refractivity contribution in [2.75, 3.05) is 26.2 Å². The minimum atomic E-state index is 0. The van der Waals surface area contributed by atoms with E-state index < -0.39 is 0 Å². The molecule has 0 atom stereocenters. The first-order valence-electron chi connectivity index (χ1n) is 9.76. The maximum atomic E-state index is 9.71. The highest BCUT2D eigenvalue weighted by atomic mass is 35.5. The zero-order valence-electron chi connectivity index (χ0n) is 16.2. The van der Waals surface area contributed by atoms with Gasteiger partial charge in [0.15, 0.2) is 5.58 Å². The molecule has 0 amide bonds. The van der Waals surface area contributed by atoms with Gasteiger partial charge in [-0.2, -0.15) is 5.26 Å². The third-order valence-corrected chi connectivity index (χ3v) is 5.09. The Morgan fingerprint density at radius 1 is 1.10 bits per heavy atom. The maximum absolute atomic E-state index is 9.71. The Hall–Kier alpha value is -2.81. The molecule has 6 heteroatoms. The highest BCUT2D eigenvalue weighted by Crippen LogP contribution is 2.28. The van der Waals surface area contributed by atoms with Crippen molar-refractivity contribution in [3.8, 4) is 11.8 Å². The van der Waals surface area contributed by atoms with Crippen molar-refractivity contribution in [3.05, 3.63) is 59.8 Å². The number of fused-ring (bicyclic) bond motifs is 1. The Bertz CT molecular complexity index is 1020. The van der Waals surface area contributed by atoms with Crippen LogP contribution >= 0.6 is 12.4 Å². The standard InChI is InChI=1S/C23H23N3O2.ClH/c24-17-19(23-20-9-3-5-11-22(20)28-25-23)16-18-8-2-4-10-21(18)27-15-14-26-12-6-1-7-13-26;/h2-5,8-11,16H,1,6-7,12-15H2;1H/b19-16+;. The van der Waals surface area contributed by atoms with Crippen LogP contribution in [0.5, 0.6) is 5.75 Å². The van der Waals surface area contributed by atoms with Gasteiger partial charge in [-0.15, -0.1) is 12.4 Å². The van der Waals surface area contributed by atoms with Crippen molar-refractivity contribution >= 4 is 35.0 Å². The van der Waals surface area contributed by atoms with Crippen molar-refractivity contribution < 1.29 is 9.26 Å². The van der Waals surface area contributed by atoms with Crippen molar-refractivity contribution in [2.24, 2.45) is 0 Å². The van der Waals surface area contributed by atoms with Gasteiger partial charge >= 0.3 is 0 Å². The molecule has 2 aromatic carbocycles. The first-order valence-corrected chi connectivity index (χ1v) is 9.76. The number of halogens is 1. The van der Waals surface area contributed by atoms with E-state index in [-0.39, 0.29) is 12.4 Å². The van der Waals surface area contributed by atoms with Gasteiger partial charge < -0.3 is 9.26 Å². The molecule has 0 bridgehead atoms. The molecule has 1 aromatic heterocycles. The number of hydrogen-bond donors (Lipinski definition) is 0. The van der Waals surface area contributed by atoms with E-state index in [1.54, 1.807) is 0 Å². The number of piperidine rings is 1. The van der Waals surface area contributed by atoms with Crippen LogP contribution in [-0.2, 0) is 0 Å². The third kappa shape index (κ3) is 4.97. The van der Waals surface area contributed by atoms with Crippen LogP contribution in [0.15, 0.2) is 53.1 Å². The number of nitrogens with zero attached hydrogens (tertiary/aromatic N) is 3. The van der Waals surface area contributed by atoms with Crippen LogP contribution in [-0.4, -0.2) is 36.3 Å². The lowest BCUT2D eigenvalue weighted by atomic mass is 10.1. The van der Waals surface area contributed by atoms with Gasteiger partial charge in [-0.05, 0) is 50.2 Å². The molecule has 0 N–H and O–H groups in total. The SMILES string of the molecule is Cl.N#C/C(=C\c1ccccc1OCCN1CCCCC1)c1noc2ccccc12. The van der Waals surface area contributed by atoms with Gasteiger partial charge in [0.05, 0.1) is 11.0 Å². The van der Waals surface area contributed by atoms with Crippen LogP contribution in [0.4, 0.5) is 0 Å². The summed E-state index contributed by atoms with van der Waals surface area (Å²) >= 11 is 0. The molecule has 0 aliphatic carbocycles. The molecule has 4 rings (SSSR count). The molecule has 0 spiro atoms. The summed E-state index contributed by atoms with van der Waals surface area (Å²) in [6, 6.07) is 17.6. The van der Waals surface area contributed by atoms with Crippen molar-refractivity contribution in [1.82, 2.24) is 10.1 Å². The molecular formula is C23H24ClN3O2. The Morgan fingerprint density at radius 3 is 2.69 bits per heavy atom. The first kappa shape index (κ1) is 20.9. The fourth-order valence-corrected chi connectivity index (χ4v) is 3.59. The molecule has 5 nitrogen and oxygen atoms in total. The lowest BCUT2D eigenvalue weighted by molar-refractivity contribution is 0.183. The molecule has 1 saturated heterocycles. The molecule has 0 saturated carbocycles. The fourth-order valence-electron chi connectivity index (χ4n) is 3.59. The average molecular weight is 410 g/mol. The van der Waals surface area contributed by atoms with Crippen molar-refractivity contribution in [3.63, 3.8) is 0 Å². The number of rotatable bonds is 6. The Labute approximate surface area is 177 Å². The van der Waals surface area contributed by atoms with Crippen LogP contribution in [0.3, 0.4) is 0 Å². The van der Waals surface area contributed by atoms with E-state index in [1.807, 2.05) is 54.6 Å². The minimum absolute atomic E-state index is 0. The Kier molecular flexibility index (Phi) is 7.29. The smallest absolute Gasteiger partial charge is 0.167 e. The second-order valence-electron chi connectivity index (χ2n) is 6.99. The summed E-state index contributed by atoms with van der Waals surface area (Å²) in [4.78, 5) is 2.45. The number of aromatic nitrogens is 1. The summed E-state index contributed by atoms with van der Waals surface area (Å²) in [5, 5.41) is 14.6. The predicted octanol–water partition coefficient (Wildman–Crippen LogP) is 5.18. The molecule has 3 aromatic rings. The zero-order chi connectivity index (χ0) is 19.2. The van der Waals surface area contributed by atoms with Gasteiger partial charge in [0.1, 0.15) is 24.1 Å². The molecule has 1 fully saturated rings. The van der Waals surface area contributed by atoms with E-state index in [0.717, 1.165) is 36.3 Å². The van der Waals surface area contributed by atoms with Crippen LogP contribution in [0.2, 0.25) is 0 Å². The summed E-state index contributed by atoms with van der Waals surface area (Å²) < 4.78 is 11.4. The Morgan fingerprint density at radius 2 is 1.86 bits per heavy atom. The van der Waals surface area contributed by atoms with Crippen LogP contribution in [0, 0.1) is 11.3 Å². The average Bonchev–Trinajstić information content (AvgIpc) is 3.18. The highest BCUT2D eigenvalue weighted by molar-refractivity contribution is 5.99. The maximum Gasteiger partial charge on any atom is 0.167 e. The quantitative estimate of drug-likeness (QED) is 0.525. The summed E-state index contributed by atoms with van der Waals surface area (Å²) in [6.07, 6.45) is 5.70. The van der Waals surface area contributed by atoms with Gasteiger partial charge in [0.2, 0.25) is 0 Å². The molecule has 1 aliphatic heterocycles. The molecule has 2 heterocycles. The Balaban J connectivity index is 0.00000240. The van der Waals surface area contributed by atoms with E-state index in [0.29, 0.717) is 23.5 Å². The summed E-state index contributed by atoms with van der Waals surface area (Å²) in [6.45, 7) is 3.88. The van der Waals surface area contributed by atoms with Gasteiger partial charge in [0.25, 0.3) is 0 Å². The van der Waals surface area contributed by atoms with E-state index in [2.05, 4.69) is 16.1 Å². The third-order valence-electron chi connectivity index (χ3n) is 5.09. The van der Waals surface area contributed by atoms with Crippen LogP contribution < -0.4 is 4.74 Å². The number of likely N-dealkylation sites (tertiary alicyclic amines) is 1. The summed E-state index contributed by atoms with van der Waals surface area (Å²) in [7, 11) is 0. The van der Waals surface area contributed by atoms with Gasteiger partial charge in [0, 0.05) is 12.1 Å². The van der Waals surface area contributed by atoms with Crippen LogP contribution in [0.25, 0.3) is 22.6 Å². The van der Waals surface area contributed by atoms with Crippen molar-refractivity contribution in [1.29, 1.82) is 5.26 Å². The van der Waals surface area contributed by atoms with Gasteiger partial charge in [-0.3, -0.25) is 4.90 Å². The predicted molar refractivity (Wildman–Crippen MR) is 117 cm³/mol. The largest absolute Gasteiger partial charge is 0.492 e. The normalized spacial score (nSPS) is 14.9. The summed E-state index contributed by atoms with van der Waals surface area (Å²) in [5.74, 6) is 0.778. The van der Waals surface area contributed by atoms with Gasteiger partial charge in [-0.1, -0.05) is 41.9 Å². The van der Waals surface area contributed by atoms with Gasteiger partial charge in [-0.25, -0.2) is 0 Å². The first-order chi connectivity index (χ1) is 13.8. The monoisotopic (exact) mass is 409 g/mol. The van der Waals surface area contributed by atoms with E-state index in [1.165, 1.54) is 19.3 Å². The lowest BCUT2D eigenvalue weighted by Crippen LogP contribution is -2.33. The second kappa shape index (κ2) is 10.1. The lowest BCUT2D eigenvalue weighted by Gasteiger charge is -2.26. The van der Waals surface area contributed by atoms with Crippen molar-refractivity contribution in [2.45, 2.75) is 19.3 Å². The fraction of sp³-hybridized carbons (Fsp3) is 0.304. The zero-order valence-corrected chi connectivity index (χ0v) is 17.0. The number of benzene rings is 2. The molecule has 0 unspecified atom stereocenters. The minimum Gasteiger partial charge on any atom is -0.492 e. The second-order valence-corrected chi connectivity index (χ2v) is 6.99. The number of allylic oxidation sites excluding steroid dienone is 1. The molecule has 150 valence electrons. The van der Waals surface area contributed by atoms with Crippen LogP contribution in [0.1, 0.15) is 30.5 Å². The van der Waals surface area contributed by atoms with E-state index >= 15 is 0 Å². The number of nitriles is 1.